The van der Waals surface area contributed by atoms with E-state index >= 15 is 0 Å². The largest absolute Gasteiger partial charge is 0.376 e. The topological polar surface area (TPSA) is 116 Å². The second-order valence-corrected chi connectivity index (χ2v) is 9.24. The Morgan fingerprint density at radius 2 is 2.25 bits per heavy atom. The number of aromatic nitrogens is 2. The highest BCUT2D eigenvalue weighted by Crippen LogP contribution is 2.31. The summed E-state index contributed by atoms with van der Waals surface area (Å²) in [6.45, 7) is 6.74. The molecule has 2 unspecified atom stereocenters. The number of carbonyl (C=O) groups excluding carboxylic acids is 2. The number of fused-ring (bicyclic) bond motifs is 1. The van der Waals surface area contributed by atoms with Crippen LogP contribution in [-0.4, -0.2) is 39.5 Å². The van der Waals surface area contributed by atoms with E-state index in [0.29, 0.717) is 28.5 Å². The van der Waals surface area contributed by atoms with Crippen LogP contribution in [0.15, 0.2) is 9.95 Å². The number of ether oxygens (including phenoxy) is 1. The maximum Gasteiger partial charge on any atom is 0.318 e. The molecule has 1 fully saturated rings. The summed E-state index contributed by atoms with van der Waals surface area (Å²) in [6, 6.07) is -0.904. The molecule has 1 aliphatic rings. The fraction of sp³-hybridized carbons (Fsp3) is 0.556. The normalized spacial score (nSPS) is 17.8. The molecule has 10 heteroatoms. The van der Waals surface area contributed by atoms with E-state index < -0.39 is 17.2 Å². The lowest BCUT2D eigenvalue weighted by Crippen LogP contribution is -2.39. The van der Waals surface area contributed by atoms with E-state index in [0.717, 1.165) is 41.5 Å². The van der Waals surface area contributed by atoms with Gasteiger partial charge in [0, 0.05) is 11.5 Å². The lowest BCUT2D eigenvalue weighted by Gasteiger charge is -2.17. The lowest BCUT2D eigenvalue weighted by atomic mass is 10.1. The highest BCUT2D eigenvalue weighted by molar-refractivity contribution is 8.00. The van der Waals surface area contributed by atoms with Crippen LogP contribution in [0.25, 0.3) is 10.2 Å². The highest BCUT2D eigenvalue weighted by atomic mass is 32.2. The van der Waals surface area contributed by atoms with Crippen LogP contribution >= 0.6 is 23.1 Å². The molecule has 0 radical (unpaired) electrons. The number of aryl methyl sites for hydroxylation is 2. The van der Waals surface area contributed by atoms with Gasteiger partial charge in [0.15, 0.2) is 5.16 Å². The molecular formula is C18H24N4O4S2. The van der Waals surface area contributed by atoms with Gasteiger partial charge in [-0.15, -0.1) is 11.3 Å². The first-order chi connectivity index (χ1) is 13.3. The maximum atomic E-state index is 13.3. The van der Waals surface area contributed by atoms with Gasteiger partial charge in [0.2, 0.25) is 5.91 Å². The maximum absolute atomic E-state index is 13.3. The third kappa shape index (κ3) is 4.23. The number of thiophene rings is 1. The number of nitrogens with one attached hydrogen (secondary N) is 1. The number of amides is 3. The molecule has 0 saturated carbocycles. The first-order valence-corrected chi connectivity index (χ1v) is 10.9. The lowest BCUT2D eigenvalue weighted by molar-refractivity contribution is -0.119. The van der Waals surface area contributed by atoms with Crippen LogP contribution in [0.1, 0.15) is 37.1 Å². The second-order valence-electron chi connectivity index (χ2n) is 6.73. The molecule has 3 rings (SSSR count). The highest BCUT2D eigenvalue weighted by Gasteiger charge is 2.25. The van der Waals surface area contributed by atoms with Crippen LogP contribution in [0.3, 0.4) is 0 Å². The summed E-state index contributed by atoms with van der Waals surface area (Å²) in [5.41, 5.74) is 5.95. The molecule has 0 spiro atoms. The quantitative estimate of drug-likeness (QED) is 0.542. The van der Waals surface area contributed by atoms with Gasteiger partial charge in [-0.25, -0.2) is 9.78 Å². The minimum absolute atomic E-state index is 0.0455. The van der Waals surface area contributed by atoms with E-state index in [1.54, 1.807) is 11.5 Å². The van der Waals surface area contributed by atoms with Crippen molar-refractivity contribution in [3.05, 3.63) is 20.8 Å². The molecular weight excluding hydrogens is 400 g/mol. The van der Waals surface area contributed by atoms with Crippen LogP contribution < -0.4 is 16.6 Å². The average molecular weight is 425 g/mol. The third-order valence-corrected chi connectivity index (χ3v) is 6.87. The van der Waals surface area contributed by atoms with E-state index in [-0.39, 0.29) is 11.7 Å². The molecule has 2 atom stereocenters. The molecule has 28 heavy (non-hydrogen) atoms. The fourth-order valence-electron chi connectivity index (χ4n) is 3.33. The number of hydrogen-bond acceptors (Lipinski definition) is 7. The van der Waals surface area contributed by atoms with Gasteiger partial charge in [0.05, 0.1) is 23.3 Å². The summed E-state index contributed by atoms with van der Waals surface area (Å²) in [7, 11) is 0. The van der Waals surface area contributed by atoms with Crippen LogP contribution in [0.2, 0.25) is 0 Å². The summed E-state index contributed by atoms with van der Waals surface area (Å²) in [5.74, 6) is -0.521. The smallest absolute Gasteiger partial charge is 0.318 e. The Bertz CT molecular complexity index is 963. The Labute approximate surface area is 170 Å². The molecule has 3 N–H and O–H groups in total. The van der Waals surface area contributed by atoms with Crippen molar-refractivity contribution in [3.63, 3.8) is 0 Å². The zero-order chi connectivity index (χ0) is 20.4. The van der Waals surface area contributed by atoms with Crippen molar-refractivity contribution in [2.75, 3.05) is 6.61 Å². The number of rotatable bonds is 6. The average Bonchev–Trinajstić information content (AvgIpc) is 3.24. The molecule has 0 aromatic carbocycles. The number of urea groups is 1. The Morgan fingerprint density at radius 3 is 2.86 bits per heavy atom. The van der Waals surface area contributed by atoms with Crippen molar-refractivity contribution in [2.45, 2.75) is 63.1 Å². The number of carbonyl (C=O) groups is 2. The zero-order valence-electron chi connectivity index (χ0n) is 16.1. The molecule has 0 aliphatic carbocycles. The third-order valence-electron chi connectivity index (χ3n) is 4.74. The van der Waals surface area contributed by atoms with Gasteiger partial charge in [-0.05, 0) is 38.7 Å². The van der Waals surface area contributed by atoms with Crippen molar-refractivity contribution < 1.29 is 14.3 Å². The van der Waals surface area contributed by atoms with Crippen LogP contribution in [0, 0.1) is 6.92 Å². The number of hydrogen-bond donors (Lipinski definition) is 2. The molecule has 8 nitrogen and oxygen atoms in total. The van der Waals surface area contributed by atoms with Gasteiger partial charge in [0.25, 0.3) is 5.56 Å². The Morgan fingerprint density at radius 1 is 1.50 bits per heavy atom. The van der Waals surface area contributed by atoms with Gasteiger partial charge in [0.1, 0.15) is 4.83 Å². The van der Waals surface area contributed by atoms with Gasteiger partial charge in [-0.3, -0.25) is 19.5 Å². The van der Waals surface area contributed by atoms with Gasteiger partial charge >= 0.3 is 6.03 Å². The van der Waals surface area contributed by atoms with Crippen molar-refractivity contribution in [1.29, 1.82) is 0 Å². The molecule has 0 bridgehead atoms. The molecule has 3 heterocycles. The molecule has 1 aliphatic heterocycles. The van der Waals surface area contributed by atoms with Crippen LogP contribution in [0.4, 0.5) is 4.79 Å². The Hall–Kier alpha value is -1.91. The molecule has 2 aromatic heterocycles. The molecule has 152 valence electrons. The van der Waals surface area contributed by atoms with Crippen LogP contribution in [-0.2, 0) is 22.5 Å². The fourth-order valence-corrected chi connectivity index (χ4v) is 5.41. The van der Waals surface area contributed by atoms with E-state index in [2.05, 4.69) is 5.32 Å². The molecule has 2 aromatic rings. The van der Waals surface area contributed by atoms with E-state index in [4.69, 9.17) is 15.5 Å². The number of imide groups is 1. The first kappa shape index (κ1) is 20.8. The van der Waals surface area contributed by atoms with Crippen molar-refractivity contribution >= 4 is 45.3 Å². The van der Waals surface area contributed by atoms with Crippen molar-refractivity contribution in [2.24, 2.45) is 5.73 Å². The number of nitrogens with zero attached hydrogens (tertiary/aromatic N) is 2. The zero-order valence-corrected chi connectivity index (χ0v) is 17.7. The van der Waals surface area contributed by atoms with Gasteiger partial charge < -0.3 is 10.5 Å². The standard InChI is InChI=1S/C18H24N4O4S2/c1-4-12-9(2)27-15-13(12)16(24)22(8-11-6-5-7-26-11)18(21-15)28-10(3)14(23)20-17(19)25/h10-11H,4-8H2,1-3H3,(H3,19,20,23,25). The SMILES string of the molecule is CCc1c(C)sc2nc(SC(C)C(=O)NC(N)=O)n(CC3CCCO3)c(=O)c12. The van der Waals surface area contributed by atoms with Crippen molar-refractivity contribution in [3.8, 4) is 0 Å². The van der Waals surface area contributed by atoms with E-state index in [1.807, 2.05) is 13.8 Å². The summed E-state index contributed by atoms with van der Waals surface area (Å²) in [6.07, 6.45) is 2.56. The number of nitrogens with two attached hydrogens (primary N) is 1. The summed E-state index contributed by atoms with van der Waals surface area (Å²) >= 11 is 2.62. The predicted molar refractivity (Wildman–Crippen MR) is 110 cm³/mol. The first-order valence-electron chi connectivity index (χ1n) is 9.23. The summed E-state index contributed by atoms with van der Waals surface area (Å²) in [4.78, 5) is 42.9. The monoisotopic (exact) mass is 424 g/mol. The second kappa shape index (κ2) is 8.62. The predicted octanol–water partition coefficient (Wildman–Crippen LogP) is 2.18. The number of thioether (sulfide) groups is 1. The Balaban J connectivity index is 2.04. The van der Waals surface area contributed by atoms with Crippen molar-refractivity contribution in [1.82, 2.24) is 14.9 Å². The van der Waals surface area contributed by atoms with E-state index in [1.165, 1.54) is 11.3 Å². The van der Waals surface area contributed by atoms with Gasteiger partial charge in [-0.2, -0.15) is 0 Å². The van der Waals surface area contributed by atoms with Gasteiger partial charge in [-0.1, -0.05) is 18.7 Å². The number of primary amides is 1. The van der Waals surface area contributed by atoms with Crippen LogP contribution in [0.5, 0.6) is 0 Å². The minimum Gasteiger partial charge on any atom is -0.376 e. The summed E-state index contributed by atoms with van der Waals surface area (Å²) < 4.78 is 7.32. The molecule has 3 amide bonds. The van der Waals surface area contributed by atoms with E-state index in [9.17, 15) is 14.4 Å². The minimum atomic E-state index is -0.904. The summed E-state index contributed by atoms with van der Waals surface area (Å²) in [5, 5.41) is 2.53. The Kier molecular flexibility index (Phi) is 6.41. The molecule has 1 saturated heterocycles.